The Labute approximate surface area is 174 Å². The van der Waals surface area contributed by atoms with E-state index in [4.69, 9.17) is 16.6 Å². The number of carboxylic acid groups (broad SMARTS) is 1. The van der Waals surface area contributed by atoms with Crippen LogP contribution in [0.5, 0.6) is 5.75 Å². The predicted molar refractivity (Wildman–Crippen MR) is 108 cm³/mol. The summed E-state index contributed by atoms with van der Waals surface area (Å²) in [6.45, 7) is -0.471. The zero-order valence-corrected chi connectivity index (χ0v) is 16.6. The van der Waals surface area contributed by atoms with Crippen LogP contribution in [0.4, 0.5) is 0 Å². The van der Waals surface area contributed by atoms with E-state index in [0.29, 0.717) is 31.4 Å². The molecule has 0 bridgehead atoms. The third kappa shape index (κ3) is 9.34. The summed E-state index contributed by atoms with van der Waals surface area (Å²) in [5.74, 6) is -2.99. The van der Waals surface area contributed by atoms with Crippen molar-refractivity contribution in [2.75, 3.05) is 19.6 Å². The first-order chi connectivity index (χ1) is 14.3. The number of aromatic hydroxyl groups is 1. The molecule has 0 saturated carbocycles. The number of benzene rings is 1. The molecule has 1 aromatic carbocycles. The van der Waals surface area contributed by atoms with Crippen LogP contribution in [-0.2, 0) is 25.6 Å². The quantitative estimate of drug-likeness (QED) is 0.180. The van der Waals surface area contributed by atoms with Gasteiger partial charge in [-0.25, -0.2) is 0 Å². The van der Waals surface area contributed by atoms with Gasteiger partial charge in [0.15, 0.2) is 0 Å². The summed E-state index contributed by atoms with van der Waals surface area (Å²) >= 11 is 0. The number of nitrogens with two attached hydrogens (primary N) is 2. The molecule has 0 aromatic heterocycles. The van der Waals surface area contributed by atoms with E-state index in [2.05, 4.69) is 16.0 Å². The second kappa shape index (κ2) is 13.1. The molecule has 0 fully saturated rings. The van der Waals surface area contributed by atoms with Gasteiger partial charge in [0, 0.05) is 6.42 Å². The monoisotopic (exact) mass is 423 g/mol. The minimum atomic E-state index is -1.23. The van der Waals surface area contributed by atoms with Crippen molar-refractivity contribution in [3.05, 3.63) is 29.8 Å². The number of hydrogen-bond donors (Lipinski definition) is 7. The average molecular weight is 423 g/mol. The van der Waals surface area contributed by atoms with Gasteiger partial charge in [-0.2, -0.15) is 0 Å². The molecule has 11 nitrogen and oxygen atoms in total. The van der Waals surface area contributed by atoms with Crippen LogP contribution in [0, 0.1) is 0 Å². The lowest BCUT2D eigenvalue weighted by Crippen LogP contribution is -2.55. The molecule has 9 N–H and O–H groups in total. The molecule has 2 unspecified atom stereocenters. The number of carbonyl (C=O) groups is 4. The topological polar surface area (TPSA) is 197 Å². The molecule has 0 radical (unpaired) electrons. The van der Waals surface area contributed by atoms with E-state index in [1.165, 1.54) is 12.1 Å². The number of phenolic OH excluding ortho intramolecular Hbond substituents is 1. The number of unbranched alkanes of at least 4 members (excludes halogenated alkanes) is 1. The van der Waals surface area contributed by atoms with Gasteiger partial charge in [0.1, 0.15) is 24.4 Å². The second-order valence-corrected chi connectivity index (χ2v) is 6.65. The summed E-state index contributed by atoms with van der Waals surface area (Å²) in [5, 5.41) is 25.5. The first kappa shape index (κ1) is 24.9. The molecule has 0 saturated heterocycles. The van der Waals surface area contributed by atoms with Gasteiger partial charge in [-0.15, -0.1) is 0 Å². The summed E-state index contributed by atoms with van der Waals surface area (Å²) in [6.07, 6.45) is 1.58. The van der Waals surface area contributed by atoms with E-state index >= 15 is 0 Å². The minimum absolute atomic E-state index is 0.0409. The Morgan fingerprint density at radius 3 is 2.17 bits per heavy atom. The Hall–Kier alpha value is -3.18. The van der Waals surface area contributed by atoms with Crippen LogP contribution < -0.4 is 27.4 Å². The number of phenols is 1. The number of hydrogen-bond acceptors (Lipinski definition) is 7. The average Bonchev–Trinajstić information content (AvgIpc) is 2.72. The molecule has 166 valence electrons. The van der Waals surface area contributed by atoms with Crippen molar-refractivity contribution in [3.63, 3.8) is 0 Å². The molecule has 0 aliphatic carbocycles. The van der Waals surface area contributed by atoms with Gasteiger partial charge in [0.2, 0.25) is 17.7 Å². The van der Waals surface area contributed by atoms with E-state index in [-0.39, 0.29) is 18.7 Å². The maximum absolute atomic E-state index is 12.8. The number of nitrogens with one attached hydrogen (secondary N) is 3. The second-order valence-electron chi connectivity index (χ2n) is 6.65. The molecule has 0 spiro atoms. The zero-order valence-electron chi connectivity index (χ0n) is 16.6. The van der Waals surface area contributed by atoms with E-state index in [9.17, 15) is 24.3 Å². The van der Waals surface area contributed by atoms with Crippen LogP contribution in [0.15, 0.2) is 24.3 Å². The highest BCUT2D eigenvalue weighted by atomic mass is 16.4. The van der Waals surface area contributed by atoms with Crippen molar-refractivity contribution in [1.29, 1.82) is 0 Å². The fraction of sp³-hybridized carbons (Fsp3) is 0.474. The number of carboxylic acids is 1. The van der Waals surface area contributed by atoms with E-state index in [0.717, 1.165) is 0 Å². The third-order valence-corrected chi connectivity index (χ3v) is 4.21. The molecule has 1 aromatic rings. The Morgan fingerprint density at radius 2 is 1.60 bits per heavy atom. The normalized spacial score (nSPS) is 12.5. The van der Waals surface area contributed by atoms with Gasteiger partial charge < -0.3 is 37.6 Å². The summed E-state index contributed by atoms with van der Waals surface area (Å²) in [5.41, 5.74) is 11.4. The van der Waals surface area contributed by atoms with E-state index in [1.807, 2.05) is 0 Å². The van der Waals surface area contributed by atoms with Crippen molar-refractivity contribution in [3.8, 4) is 5.75 Å². The van der Waals surface area contributed by atoms with Crippen molar-refractivity contribution < 1.29 is 29.4 Å². The van der Waals surface area contributed by atoms with Crippen LogP contribution in [0.1, 0.15) is 24.8 Å². The van der Waals surface area contributed by atoms with Crippen LogP contribution >= 0.6 is 0 Å². The highest BCUT2D eigenvalue weighted by molar-refractivity contribution is 5.93. The number of carbonyl (C=O) groups excluding carboxylic acids is 3. The molecule has 3 amide bonds. The lowest BCUT2D eigenvalue weighted by atomic mass is 10.0. The summed E-state index contributed by atoms with van der Waals surface area (Å²) in [4.78, 5) is 47.6. The smallest absolute Gasteiger partial charge is 0.322 e. The highest BCUT2D eigenvalue weighted by Gasteiger charge is 2.27. The maximum atomic E-state index is 12.8. The summed E-state index contributed by atoms with van der Waals surface area (Å²) in [7, 11) is 0. The molecule has 1 rings (SSSR count). The maximum Gasteiger partial charge on any atom is 0.322 e. The van der Waals surface area contributed by atoms with Gasteiger partial charge in [-0.1, -0.05) is 12.1 Å². The fourth-order valence-corrected chi connectivity index (χ4v) is 2.65. The van der Waals surface area contributed by atoms with Gasteiger partial charge >= 0.3 is 5.97 Å². The van der Waals surface area contributed by atoms with Crippen molar-refractivity contribution in [1.82, 2.24) is 16.0 Å². The summed E-state index contributed by atoms with van der Waals surface area (Å²) in [6, 6.07) is 4.01. The number of amides is 3. The van der Waals surface area contributed by atoms with Crippen molar-refractivity contribution >= 4 is 23.7 Å². The van der Waals surface area contributed by atoms with Crippen molar-refractivity contribution in [2.45, 2.75) is 37.8 Å². The molecular weight excluding hydrogens is 394 g/mol. The first-order valence-corrected chi connectivity index (χ1v) is 9.54. The zero-order chi connectivity index (χ0) is 22.5. The predicted octanol–water partition coefficient (Wildman–Crippen LogP) is -1.81. The lowest BCUT2D eigenvalue weighted by molar-refractivity contribution is -0.138. The standard InChI is InChI=1S/C19H29N5O6/c20-8-2-1-3-14(23-16(26)10-21)19(30)24-15(18(29)22-11-17(27)28)9-12-4-6-13(25)7-5-12/h4-7,14-15,25H,1-3,8-11,20-21H2,(H,22,29)(H,23,26)(H,24,30)(H,27,28). The van der Waals surface area contributed by atoms with Crippen molar-refractivity contribution in [2.24, 2.45) is 11.5 Å². The van der Waals surface area contributed by atoms with Gasteiger partial charge in [0.25, 0.3) is 0 Å². The van der Waals surface area contributed by atoms with Gasteiger partial charge in [-0.3, -0.25) is 19.2 Å². The van der Waals surface area contributed by atoms with Gasteiger partial charge in [-0.05, 0) is 43.5 Å². The van der Waals surface area contributed by atoms with Crippen LogP contribution in [0.3, 0.4) is 0 Å². The SMILES string of the molecule is NCCCCC(NC(=O)CN)C(=O)NC(Cc1ccc(O)cc1)C(=O)NCC(=O)O. The largest absolute Gasteiger partial charge is 0.508 e. The lowest BCUT2D eigenvalue weighted by Gasteiger charge is -2.23. The molecular formula is C19H29N5O6. The molecule has 0 heterocycles. The molecule has 0 aliphatic heterocycles. The molecule has 0 aliphatic rings. The Morgan fingerprint density at radius 1 is 0.933 bits per heavy atom. The number of rotatable bonds is 13. The Kier molecular flexibility index (Phi) is 10.9. The highest BCUT2D eigenvalue weighted by Crippen LogP contribution is 2.12. The Bertz CT molecular complexity index is 725. The van der Waals surface area contributed by atoms with Gasteiger partial charge in [0.05, 0.1) is 6.54 Å². The van der Waals surface area contributed by atoms with Crippen LogP contribution in [-0.4, -0.2) is 65.6 Å². The van der Waals surface area contributed by atoms with Crippen LogP contribution in [0.2, 0.25) is 0 Å². The molecule has 11 heteroatoms. The van der Waals surface area contributed by atoms with Crippen LogP contribution in [0.25, 0.3) is 0 Å². The molecule has 2 atom stereocenters. The van der Waals surface area contributed by atoms with E-state index < -0.39 is 42.3 Å². The summed E-state index contributed by atoms with van der Waals surface area (Å²) < 4.78 is 0. The minimum Gasteiger partial charge on any atom is -0.508 e. The third-order valence-electron chi connectivity index (χ3n) is 4.21. The first-order valence-electron chi connectivity index (χ1n) is 9.54. The fourth-order valence-electron chi connectivity index (χ4n) is 2.65. The molecule has 30 heavy (non-hydrogen) atoms. The van der Waals surface area contributed by atoms with E-state index in [1.54, 1.807) is 12.1 Å². The Balaban J connectivity index is 2.94. The number of aliphatic carboxylic acids is 1.